The number of benzene rings is 1. The highest BCUT2D eigenvalue weighted by atomic mass is 127. The Labute approximate surface area is 109 Å². The molecule has 4 heteroatoms. The van der Waals surface area contributed by atoms with Crippen LogP contribution in [0.3, 0.4) is 0 Å². The Bertz CT molecular complexity index is 379. The van der Waals surface area contributed by atoms with Gasteiger partial charge in [-0.2, -0.15) is 0 Å². The van der Waals surface area contributed by atoms with Crippen molar-refractivity contribution in [1.82, 2.24) is 0 Å². The second-order valence-corrected chi connectivity index (χ2v) is 5.10. The van der Waals surface area contributed by atoms with Gasteiger partial charge in [-0.1, -0.05) is 6.07 Å². The average Bonchev–Trinajstić information content (AvgIpc) is 2.21. The molecule has 1 aromatic rings. The summed E-state index contributed by atoms with van der Waals surface area (Å²) in [6.07, 6.45) is 0.844. The summed E-state index contributed by atoms with van der Waals surface area (Å²) >= 11 is 2.29. The van der Waals surface area contributed by atoms with Crippen molar-refractivity contribution in [2.75, 3.05) is 5.32 Å². The Morgan fingerprint density at radius 3 is 2.81 bits per heavy atom. The van der Waals surface area contributed by atoms with Gasteiger partial charge < -0.3 is 10.4 Å². The Morgan fingerprint density at radius 1 is 1.56 bits per heavy atom. The van der Waals surface area contributed by atoms with Crippen LogP contribution in [0.15, 0.2) is 18.2 Å². The maximum atomic E-state index is 10.4. The molecule has 0 amide bonds. The van der Waals surface area contributed by atoms with Gasteiger partial charge in [0.25, 0.3) is 0 Å². The standard InChI is InChI=1S/C12H16INO2/c1-8-3-5-10(7-11(8)13)14-9(2)4-6-12(15)16/h3,5,7,9,14H,4,6H2,1-2H3,(H,15,16). The van der Waals surface area contributed by atoms with Crippen LogP contribution in [-0.4, -0.2) is 17.1 Å². The van der Waals surface area contributed by atoms with E-state index in [4.69, 9.17) is 5.11 Å². The molecule has 0 heterocycles. The Balaban J connectivity index is 2.52. The number of hydrogen-bond acceptors (Lipinski definition) is 2. The molecule has 0 bridgehead atoms. The van der Waals surface area contributed by atoms with E-state index in [2.05, 4.69) is 47.0 Å². The van der Waals surface area contributed by atoms with Crippen molar-refractivity contribution < 1.29 is 9.90 Å². The lowest BCUT2D eigenvalue weighted by Crippen LogP contribution is -2.16. The first-order chi connectivity index (χ1) is 7.49. The zero-order chi connectivity index (χ0) is 12.1. The number of nitrogens with one attached hydrogen (secondary N) is 1. The van der Waals surface area contributed by atoms with Crippen LogP contribution in [0, 0.1) is 10.5 Å². The van der Waals surface area contributed by atoms with Gasteiger partial charge in [0, 0.05) is 21.7 Å². The summed E-state index contributed by atoms with van der Waals surface area (Å²) in [5, 5.41) is 11.9. The van der Waals surface area contributed by atoms with Gasteiger partial charge in [0.2, 0.25) is 0 Å². The quantitative estimate of drug-likeness (QED) is 0.813. The summed E-state index contributed by atoms with van der Waals surface area (Å²) in [6, 6.07) is 6.34. The highest BCUT2D eigenvalue weighted by Crippen LogP contribution is 2.18. The van der Waals surface area contributed by atoms with Gasteiger partial charge in [-0.3, -0.25) is 4.79 Å². The fraction of sp³-hybridized carbons (Fsp3) is 0.417. The fourth-order valence-corrected chi connectivity index (χ4v) is 1.89. The summed E-state index contributed by atoms with van der Waals surface area (Å²) in [4.78, 5) is 10.4. The lowest BCUT2D eigenvalue weighted by Gasteiger charge is -2.14. The summed E-state index contributed by atoms with van der Waals surface area (Å²) in [7, 11) is 0. The van der Waals surface area contributed by atoms with E-state index >= 15 is 0 Å². The monoisotopic (exact) mass is 333 g/mol. The molecule has 0 aliphatic heterocycles. The molecule has 1 rings (SSSR count). The number of carboxylic acids is 1. The Morgan fingerprint density at radius 2 is 2.25 bits per heavy atom. The zero-order valence-corrected chi connectivity index (χ0v) is 11.6. The van der Waals surface area contributed by atoms with E-state index in [1.165, 1.54) is 9.13 Å². The number of aliphatic carboxylic acids is 1. The first-order valence-corrected chi connectivity index (χ1v) is 6.31. The van der Waals surface area contributed by atoms with Crippen LogP contribution in [0.25, 0.3) is 0 Å². The molecule has 0 spiro atoms. The third-order valence-electron chi connectivity index (χ3n) is 2.38. The highest BCUT2D eigenvalue weighted by Gasteiger charge is 2.05. The molecular weight excluding hydrogens is 317 g/mol. The number of halogens is 1. The Hall–Kier alpha value is -0.780. The molecule has 0 aromatic heterocycles. The largest absolute Gasteiger partial charge is 0.481 e. The van der Waals surface area contributed by atoms with E-state index in [0.29, 0.717) is 6.42 Å². The van der Waals surface area contributed by atoms with Crippen molar-refractivity contribution in [1.29, 1.82) is 0 Å². The van der Waals surface area contributed by atoms with Crippen molar-refractivity contribution in [3.05, 3.63) is 27.3 Å². The van der Waals surface area contributed by atoms with Crippen molar-refractivity contribution in [3.8, 4) is 0 Å². The van der Waals surface area contributed by atoms with Gasteiger partial charge in [0.15, 0.2) is 0 Å². The molecule has 0 fully saturated rings. The zero-order valence-electron chi connectivity index (χ0n) is 9.46. The minimum Gasteiger partial charge on any atom is -0.481 e. The molecule has 2 N–H and O–H groups in total. The topological polar surface area (TPSA) is 49.3 Å². The molecule has 16 heavy (non-hydrogen) atoms. The van der Waals surface area contributed by atoms with Crippen molar-refractivity contribution in [2.45, 2.75) is 32.7 Å². The van der Waals surface area contributed by atoms with Crippen LogP contribution < -0.4 is 5.32 Å². The molecule has 1 aromatic carbocycles. The van der Waals surface area contributed by atoms with Crippen molar-refractivity contribution >= 4 is 34.2 Å². The van der Waals surface area contributed by atoms with Crippen molar-refractivity contribution in [3.63, 3.8) is 0 Å². The molecule has 0 radical (unpaired) electrons. The predicted molar refractivity (Wildman–Crippen MR) is 73.9 cm³/mol. The predicted octanol–water partition coefficient (Wildman–Crippen LogP) is 3.26. The molecule has 0 aliphatic rings. The molecular formula is C12H16INO2. The van der Waals surface area contributed by atoms with E-state index in [-0.39, 0.29) is 12.5 Å². The maximum absolute atomic E-state index is 10.4. The minimum atomic E-state index is -0.743. The fourth-order valence-electron chi connectivity index (χ4n) is 1.38. The number of carboxylic acid groups (broad SMARTS) is 1. The van der Waals surface area contributed by atoms with E-state index < -0.39 is 5.97 Å². The lowest BCUT2D eigenvalue weighted by molar-refractivity contribution is -0.137. The number of anilines is 1. The van der Waals surface area contributed by atoms with Crippen LogP contribution in [0.1, 0.15) is 25.3 Å². The second kappa shape index (κ2) is 6.08. The van der Waals surface area contributed by atoms with Crippen LogP contribution in [0.5, 0.6) is 0 Å². The second-order valence-electron chi connectivity index (χ2n) is 3.94. The maximum Gasteiger partial charge on any atom is 0.303 e. The van der Waals surface area contributed by atoms with E-state index in [1.807, 2.05) is 13.0 Å². The van der Waals surface area contributed by atoms with Gasteiger partial charge in [-0.05, 0) is 60.6 Å². The molecule has 0 saturated carbocycles. The first-order valence-electron chi connectivity index (χ1n) is 5.23. The van der Waals surface area contributed by atoms with Gasteiger partial charge >= 0.3 is 5.97 Å². The molecule has 0 saturated heterocycles. The summed E-state index contributed by atoms with van der Waals surface area (Å²) in [6.45, 7) is 4.06. The van der Waals surface area contributed by atoms with Crippen LogP contribution >= 0.6 is 22.6 Å². The summed E-state index contributed by atoms with van der Waals surface area (Å²) in [5.41, 5.74) is 2.30. The molecule has 1 atom stereocenters. The van der Waals surface area contributed by atoms with Gasteiger partial charge in [-0.25, -0.2) is 0 Å². The summed E-state index contributed by atoms with van der Waals surface area (Å²) in [5.74, 6) is -0.743. The molecule has 88 valence electrons. The normalized spacial score (nSPS) is 12.2. The molecule has 0 aliphatic carbocycles. The lowest BCUT2D eigenvalue weighted by atomic mass is 10.1. The van der Waals surface area contributed by atoms with Gasteiger partial charge in [0.05, 0.1) is 0 Å². The smallest absolute Gasteiger partial charge is 0.303 e. The van der Waals surface area contributed by atoms with E-state index in [9.17, 15) is 4.79 Å². The highest BCUT2D eigenvalue weighted by molar-refractivity contribution is 14.1. The number of rotatable bonds is 5. The molecule has 3 nitrogen and oxygen atoms in total. The van der Waals surface area contributed by atoms with Crippen molar-refractivity contribution in [2.24, 2.45) is 0 Å². The number of hydrogen-bond donors (Lipinski definition) is 2. The van der Waals surface area contributed by atoms with E-state index in [1.54, 1.807) is 0 Å². The third kappa shape index (κ3) is 4.38. The van der Waals surface area contributed by atoms with Crippen LogP contribution in [-0.2, 0) is 4.79 Å². The van der Waals surface area contributed by atoms with Gasteiger partial charge in [-0.15, -0.1) is 0 Å². The van der Waals surface area contributed by atoms with Gasteiger partial charge in [0.1, 0.15) is 0 Å². The molecule has 1 unspecified atom stereocenters. The SMILES string of the molecule is Cc1ccc(NC(C)CCC(=O)O)cc1I. The van der Waals surface area contributed by atoms with Crippen LogP contribution in [0.4, 0.5) is 5.69 Å². The number of aryl methyl sites for hydroxylation is 1. The number of carbonyl (C=O) groups is 1. The third-order valence-corrected chi connectivity index (χ3v) is 3.54. The average molecular weight is 333 g/mol. The first kappa shape index (κ1) is 13.3. The Kier molecular flexibility index (Phi) is 5.05. The summed E-state index contributed by atoms with van der Waals surface area (Å²) < 4.78 is 1.22. The minimum absolute atomic E-state index is 0.176. The van der Waals surface area contributed by atoms with Crippen LogP contribution in [0.2, 0.25) is 0 Å². The van der Waals surface area contributed by atoms with E-state index in [0.717, 1.165) is 5.69 Å².